The van der Waals surface area contributed by atoms with Crippen LogP contribution in [0.15, 0.2) is 53.5 Å². The van der Waals surface area contributed by atoms with Crippen molar-refractivity contribution in [3.05, 3.63) is 59.7 Å². The molecule has 0 saturated heterocycles. The van der Waals surface area contributed by atoms with Gasteiger partial charge in [0.15, 0.2) is 5.96 Å². The first kappa shape index (κ1) is 21.6. The van der Waals surface area contributed by atoms with Crippen molar-refractivity contribution in [1.82, 2.24) is 15.5 Å². The zero-order valence-electron chi connectivity index (χ0n) is 17.4. The van der Waals surface area contributed by atoms with Crippen LogP contribution < -0.4 is 20.1 Å². The largest absolute Gasteiger partial charge is 0.497 e. The van der Waals surface area contributed by atoms with Crippen molar-refractivity contribution in [1.29, 1.82) is 0 Å². The van der Waals surface area contributed by atoms with Crippen molar-refractivity contribution in [2.45, 2.75) is 13.0 Å². The molecular weight excluding hydrogens is 352 g/mol. The molecule has 2 rings (SSSR count). The van der Waals surface area contributed by atoms with Crippen LogP contribution in [-0.2, 0) is 13.0 Å². The number of nitrogens with one attached hydrogen (secondary N) is 2. The molecule has 6 heteroatoms. The normalized spacial score (nSPS) is 11.4. The van der Waals surface area contributed by atoms with E-state index in [2.05, 4.69) is 44.8 Å². The average molecular weight is 385 g/mol. The Labute approximate surface area is 168 Å². The third kappa shape index (κ3) is 7.88. The van der Waals surface area contributed by atoms with Gasteiger partial charge in [-0.1, -0.05) is 24.3 Å². The first-order valence-electron chi connectivity index (χ1n) is 9.54. The second-order valence-electron chi connectivity index (χ2n) is 6.75. The number of hydrogen-bond donors (Lipinski definition) is 2. The van der Waals surface area contributed by atoms with Crippen LogP contribution in [0.25, 0.3) is 0 Å². The number of likely N-dealkylation sites (N-methyl/N-ethyl adjacent to an activating group) is 1. The first-order valence-corrected chi connectivity index (χ1v) is 9.54. The van der Waals surface area contributed by atoms with E-state index in [1.807, 2.05) is 38.4 Å². The van der Waals surface area contributed by atoms with E-state index >= 15 is 0 Å². The quantitative estimate of drug-likeness (QED) is 0.487. The highest BCUT2D eigenvalue weighted by Gasteiger charge is 2.02. The smallest absolute Gasteiger partial charge is 0.191 e. The van der Waals surface area contributed by atoms with E-state index in [4.69, 9.17) is 9.47 Å². The molecule has 0 aliphatic heterocycles. The molecule has 2 N–H and O–H groups in total. The fourth-order valence-corrected chi connectivity index (χ4v) is 2.62. The van der Waals surface area contributed by atoms with Crippen molar-refractivity contribution >= 4 is 5.96 Å². The summed E-state index contributed by atoms with van der Waals surface area (Å²) in [5.74, 6) is 2.55. The number of hydrogen-bond acceptors (Lipinski definition) is 4. The number of rotatable bonds is 10. The second kappa shape index (κ2) is 11.9. The van der Waals surface area contributed by atoms with Gasteiger partial charge in [-0.3, -0.25) is 4.99 Å². The molecule has 0 amide bonds. The average Bonchev–Trinajstić information content (AvgIpc) is 2.71. The number of guanidine groups is 1. The number of methoxy groups -OCH3 is 1. The van der Waals surface area contributed by atoms with Gasteiger partial charge in [0, 0.05) is 26.7 Å². The summed E-state index contributed by atoms with van der Waals surface area (Å²) < 4.78 is 11.0. The monoisotopic (exact) mass is 384 g/mol. The van der Waals surface area contributed by atoms with E-state index in [1.54, 1.807) is 14.2 Å². The summed E-state index contributed by atoms with van der Waals surface area (Å²) in [4.78, 5) is 6.39. The minimum absolute atomic E-state index is 0.679. The van der Waals surface area contributed by atoms with Gasteiger partial charge in [-0.2, -0.15) is 0 Å². The summed E-state index contributed by atoms with van der Waals surface area (Å²) in [7, 11) is 7.54. The molecule has 0 heterocycles. The van der Waals surface area contributed by atoms with Gasteiger partial charge in [0.2, 0.25) is 0 Å². The maximum absolute atomic E-state index is 5.80. The Bertz CT molecular complexity index is 730. The highest BCUT2D eigenvalue weighted by atomic mass is 16.5. The topological polar surface area (TPSA) is 58.1 Å². The molecule has 152 valence electrons. The summed E-state index contributed by atoms with van der Waals surface area (Å²) in [5.41, 5.74) is 2.41. The molecule has 0 unspecified atom stereocenters. The van der Waals surface area contributed by atoms with E-state index in [0.29, 0.717) is 13.2 Å². The van der Waals surface area contributed by atoms with E-state index in [0.717, 1.165) is 42.5 Å². The predicted octanol–water partition coefficient (Wildman–Crippen LogP) is 2.54. The van der Waals surface area contributed by atoms with Gasteiger partial charge in [0.1, 0.15) is 18.1 Å². The SMILES string of the molecule is CN=C(NCCc1ccc(OC)cc1)NCc1cccc(OCCN(C)C)c1. The third-order valence-corrected chi connectivity index (χ3v) is 4.25. The fraction of sp³-hybridized carbons (Fsp3) is 0.409. The zero-order chi connectivity index (χ0) is 20.2. The fourth-order valence-electron chi connectivity index (χ4n) is 2.62. The molecule has 2 aromatic carbocycles. The van der Waals surface area contributed by atoms with E-state index in [-0.39, 0.29) is 0 Å². The molecule has 2 aromatic rings. The molecule has 28 heavy (non-hydrogen) atoms. The summed E-state index contributed by atoms with van der Waals surface area (Å²) in [6.07, 6.45) is 0.917. The molecule has 0 aliphatic carbocycles. The minimum atomic E-state index is 0.679. The highest BCUT2D eigenvalue weighted by molar-refractivity contribution is 5.79. The molecule has 6 nitrogen and oxygen atoms in total. The van der Waals surface area contributed by atoms with Crippen molar-refractivity contribution in [2.24, 2.45) is 4.99 Å². The summed E-state index contributed by atoms with van der Waals surface area (Å²) >= 11 is 0. The second-order valence-corrected chi connectivity index (χ2v) is 6.75. The molecule has 0 aromatic heterocycles. The summed E-state index contributed by atoms with van der Waals surface area (Å²) in [6, 6.07) is 16.3. The Kier molecular flexibility index (Phi) is 9.15. The molecule has 0 fully saturated rings. The Morgan fingerprint density at radius 3 is 2.46 bits per heavy atom. The number of benzene rings is 2. The molecule has 0 bridgehead atoms. The molecule has 0 spiro atoms. The van der Waals surface area contributed by atoms with Crippen LogP contribution in [0.5, 0.6) is 11.5 Å². The zero-order valence-corrected chi connectivity index (χ0v) is 17.4. The van der Waals surface area contributed by atoms with Crippen molar-refractivity contribution < 1.29 is 9.47 Å². The highest BCUT2D eigenvalue weighted by Crippen LogP contribution is 2.13. The Balaban J connectivity index is 1.75. The van der Waals surface area contributed by atoms with Gasteiger partial charge in [-0.15, -0.1) is 0 Å². The minimum Gasteiger partial charge on any atom is -0.497 e. The molecular formula is C22H32N4O2. The van der Waals surface area contributed by atoms with Crippen molar-refractivity contribution in [2.75, 3.05) is 47.9 Å². The lowest BCUT2D eigenvalue weighted by atomic mass is 10.1. The van der Waals surface area contributed by atoms with Crippen molar-refractivity contribution in [3.8, 4) is 11.5 Å². The van der Waals surface area contributed by atoms with Gasteiger partial charge >= 0.3 is 0 Å². The van der Waals surface area contributed by atoms with E-state index in [1.165, 1.54) is 5.56 Å². The lowest BCUT2D eigenvalue weighted by Crippen LogP contribution is -2.37. The van der Waals surface area contributed by atoms with Gasteiger partial charge in [-0.05, 0) is 55.9 Å². The maximum Gasteiger partial charge on any atom is 0.191 e. The number of nitrogens with zero attached hydrogens (tertiary/aromatic N) is 2. The van der Waals surface area contributed by atoms with Crippen LogP contribution in [0.1, 0.15) is 11.1 Å². The van der Waals surface area contributed by atoms with Crippen LogP contribution in [0, 0.1) is 0 Å². The van der Waals surface area contributed by atoms with Crippen LogP contribution in [-0.4, -0.2) is 58.8 Å². The predicted molar refractivity (Wildman–Crippen MR) is 115 cm³/mol. The van der Waals surface area contributed by atoms with Crippen LogP contribution >= 0.6 is 0 Å². The summed E-state index contributed by atoms with van der Waals surface area (Å²) in [6.45, 7) is 3.07. The van der Waals surface area contributed by atoms with Crippen LogP contribution in [0.4, 0.5) is 0 Å². The van der Waals surface area contributed by atoms with Gasteiger partial charge in [0.25, 0.3) is 0 Å². The van der Waals surface area contributed by atoms with Crippen molar-refractivity contribution in [3.63, 3.8) is 0 Å². The lowest BCUT2D eigenvalue weighted by molar-refractivity contribution is 0.261. The van der Waals surface area contributed by atoms with Gasteiger partial charge < -0.3 is 25.0 Å². The third-order valence-electron chi connectivity index (χ3n) is 4.25. The molecule has 0 aliphatic rings. The maximum atomic E-state index is 5.80. The van der Waals surface area contributed by atoms with Crippen LogP contribution in [0.3, 0.4) is 0 Å². The standard InChI is InChI=1S/C22H32N4O2/c1-23-22(24-13-12-18-8-10-20(27-4)11-9-18)25-17-19-6-5-7-21(16-19)28-15-14-26(2)3/h5-11,16H,12-15,17H2,1-4H3,(H2,23,24,25). The molecule has 0 saturated carbocycles. The lowest BCUT2D eigenvalue weighted by Gasteiger charge is -2.14. The number of ether oxygens (including phenoxy) is 2. The molecule has 0 radical (unpaired) electrons. The Morgan fingerprint density at radius 2 is 1.79 bits per heavy atom. The van der Waals surface area contributed by atoms with Crippen LogP contribution in [0.2, 0.25) is 0 Å². The van der Waals surface area contributed by atoms with Gasteiger partial charge in [0.05, 0.1) is 7.11 Å². The first-order chi connectivity index (χ1) is 13.6. The van der Waals surface area contributed by atoms with E-state index in [9.17, 15) is 0 Å². The Hall–Kier alpha value is -2.73. The van der Waals surface area contributed by atoms with Gasteiger partial charge in [-0.25, -0.2) is 0 Å². The van der Waals surface area contributed by atoms with E-state index < -0.39 is 0 Å². The number of aliphatic imine (C=N–C) groups is 1. The summed E-state index contributed by atoms with van der Waals surface area (Å²) in [5, 5.41) is 6.70. The Morgan fingerprint density at radius 1 is 1.00 bits per heavy atom. The molecule has 0 atom stereocenters.